The fourth-order valence-electron chi connectivity index (χ4n) is 1.51. The highest BCUT2D eigenvalue weighted by atomic mass is 32.1. The van der Waals surface area contributed by atoms with E-state index in [-0.39, 0.29) is 5.78 Å². The lowest BCUT2D eigenvalue weighted by atomic mass is 9.94. The maximum atomic E-state index is 11.5. The molecule has 2 heteroatoms. The number of fused-ring (bicyclic) bond motifs is 1. The molecule has 0 amide bonds. The van der Waals surface area contributed by atoms with Gasteiger partial charge in [-0.3, -0.25) is 4.79 Å². The van der Waals surface area contributed by atoms with Crippen LogP contribution in [0.2, 0.25) is 0 Å². The molecule has 2 rings (SSSR count). The minimum Gasteiger partial charge on any atom is -0.289 e. The van der Waals surface area contributed by atoms with Crippen LogP contribution in [-0.4, -0.2) is 5.78 Å². The molecule has 0 aliphatic heterocycles. The summed E-state index contributed by atoms with van der Waals surface area (Å²) < 4.78 is 0. The van der Waals surface area contributed by atoms with Crippen molar-refractivity contribution in [2.45, 2.75) is 19.8 Å². The quantitative estimate of drug-likeness (QED) is 0.558. The molecule has 1 aliphatic rings. The fourth-order valence-corrected chi connectivity index (χ4v) is 2.54. The maximum Gasteiger partial charge on any atom is 0.189 e. The summed E-state index contributed by atoms with van der Waals surface area (Å²) in [4.78, 5) is 14.0. The number of ketones is 1. The van der Waals surface area contributed by atoms with Gasteiger partial charge in [-0.15, -0.1) is 11.3 Å². The molecule has 0 radical (unpaired) electrons. The molecule has 0 atom stereocenters. The molecule has 1 aromatic rings. The number of thiophene rings is 1. The van der Waals surface area contributed by atoms with Crippen LogP contribution in [0.25, 0.3) is 0 Å². The summed E-state index contributed by atoms with van der Waals surface area (Å²) >= 11 is 1.73. The van der Waals surface area contributed by atoms with Crippen LogP contribution in [0.1, 0.15) is 26.5 Å². The van der Waals surface area contributed by atoms with E-state index < -0.39 is 0 Å². The summed E-state index contributed by atoms with van der Waals surface area (Å²) in [5.74, 6) is 0.153. The molecule has 0 unspecified atom stereocenters. The zero-order chi connectivity index (χ0) is 8.72. The first kappa shape index (κ1) is 7.74. The molecule has 0 N–H and O–H groups in total. The van der Waals surface area contributed by atoms with E-state index in [9.17, 15) is 4.79 Å². The van der Waals surface area contributed by atoms with E-state index in [1.54, 1.807) is 11.3 Å². The topological polar surface area (TPSA) is 17.1 Å². The van der Waals surface area contributed by atoms with Crippen molar-refractivity contribution in [3.63, 3.8) is 0 Å². The highest BCUT2D eigenvalue weighted by molar-refractivity contribution is 7.12. The van der Waals surface area contributed by atoms with E-state index in [1.165, 1.54) is 9.75 Å². The highest BCUT2D eigenvalue weighted by Gasteiger charge is 2.21. The van der Waals surface area contributed by atoms with Crippen LogP contribution in [0, 0.1) is 6.92 Å². The molecule has 62 valence electrons. The number of aryl methyl sites for hydroxylation is 2. The van der Waals surface area contributed by atoms with Crippen molar-refractivity contribution >= 4 is 17.1 Å². The summed E-state index contributed by atoms with van der Waals surface area (Å²) in [5, 5.41) is 0. The van der Waals surface area contributed by atoms with Gasteiger partial charge < -0.3 is 0 Å². The van der Waals surface area contributed by atoms with Gasteiger partial charge in [0.05, 0.1) is 0 Å². The third kappa shape index (κ3) is 1.03. The lowest BCUT2D eigenvalue weighted by Crippen LogP contribution is -2.10. The molecule has 0 bridgehead atoms. The molecule has 0 saturated heterocycles. The van der Waals surface area contributed by atoms with Crippen LogP contribution >= 0.6 is 11.3 Å². The van der Waals surface area contributed by atoms with Gasteiger partial charge in [0.25, 0.3) is 0 Å². The Bertz CT molecular complexity index is 360. The smallest absolute Gasteiger partial charge is 0.189 e. The van der Waals surface area contributed by atoms with Gasteiger partial charge in [0.1, 0.15) is 0 Å². The fraction of sp³-hybridized carbons (Fsp3) is 0.300. The summed E-state index contributed by atoms with van der Waals surface area (Å²) in [6.45, 7) is 5.80. The van der Waals surface area contributed by atoms with Gasteiger partial charge in [0, 0.05) is 15.3 Å². The Morgan fingerprint density at radius 2 is 2.25 bits per heavy atom. The Labute approximate surface area is 75.7 Å². The van der Waals surface area contributed by atoms with Crippen molar-refractivity contribution in [3.8, 4) is 0 Å². The molecule has 0 spiro atoms. The second-order valence-electron chi connectivity index (χ2n) is 3.13. The lowest BCUT2D eigenvalue weighted by Gasteiger charge is -2.10. The van der Waals surface area contributed by atoms with Crippen molar-refractivity contribution in [2.24, 2.45) is 0 Å². The SMILES string of the molecule is C=C1CCc2sc(C)cc2C1=O. The van der Waals surface area contributed by atoms with Gasteiger partial charge in [0.2, 0.25) is 0 Å². The molecule has 0 aromatic carbocycles. The molecule has 12 heavy (non-hydrogen) atoms. The van der Waals surface area contributed by atoms with E-state index in [0.29, 0.717) is 0 Å². The lowest BCUT2D eigenvalue weighted by molar-refractivity contribution is 0.102. The van der Waals surface area contributed by atoms with Gasteiger partial charge in [0.15, 0.2) is 5.78 Å². The number of carbonyl (C=O) groups excluding carboxylic acids is 1. The summed E-state index contributed by atoms with van der Waals surface area (Å²) in [7, 11) is 0. The van der Waals surface area contributed by atoms with Gasteiger partial charge in [-0.1, -0.05) is 6.58 Å². The Morgan fingerprint density at radius 3 is 3.00 bits per heavy atom. The first-order valence-electron chi connectivity index (χ1n) is 4.00. The molecular weight excluding hydrogens is 168 g/mol. The van der Waals surface area contributed by atoms with Crippen LogP contribution in [0.5, 0.6) is 0 Å². The van der Waals surface area contributed by atoms with Crippen LogP contribution in [-0.2, 0) is 6.42 Å². The molecule has 0 saturated carbocycles. The summed E-state index contributed by atoms with van der Waals surface area (Å²) in [5.41, 5.74) is 1.66. The molecule has 1 nitrogen and oxygen atoms in total. The van der Waals surface area contributed by atoms with Crippen LogP contribution in [0.4, 0.5) is 0 Å². The second-order valence-corrected chi connectivity index (χ2v) is 4.47. The normalized spacial score (nSPS) is 16.4. The first-order valence-corrected chi connectivity index (χ1v) is 4.82. The third-order valence-electron chi connectivity index (χ3n) is 2.15. The van der Waals surface area contributed by atoms with E-state index in [2.05, 4.69) is 6.58 Å². The van der Waals surface area contributed by atoms with Crippen molar-refractivity contribution in [2.75, 3.05) is 0 Å². The Hall–Kier alpha value is -0.890. The van der Waals surface area contributed by atoms with Crippen molar-refractivity contribution in [1.29, 1.82) is 0 Å². The zero-order valence-electron chi connectivity index (χ0n) is 7.02. The molecule has 1 aliphatic carbocycles. The Kier molecular flexibility index (Phi) is 1.65. The van der Waals surface area contributed by atoms with Gasteiger partial charge in [-0.2, -0.15) is 0 Å². The molecule has 1 heterocycles. The van der Waals surface area contributed by atoms with E-state index in [1.807, 2.05) is 13.0 Å². The Balaban J connectivity index is 2.55. The van der Waals surface area contributed by atoms with E-state index >= 15 is 0 Å². The monoisotopic (exact) mass is 178 g/mol. The van der Waals surface area contributed by atoms with Crippen LogP contribution in [0.15, 0.2) is 18.2 Å². The maximum absolute atomic E-state index is 11.5. The number of hydrogen-bond donors (Lipinski definition) is 0. The van der Waals surface area contributed by atoms with Gasteiger partial charge in [-0.25, -0.2) is 0 Å². The Morgan fingerprint density at radius 1 is 1.50 bits per heavy atom. The van der Waals surface area contributed by atoms with Gasteiger partial charge in [-0.05, 0) is 31.4 Å². The van der Waals surface area contributed by atoms with Crippen molar-refractivity contribution < 1.29 is 4.79 Å². The minimum absolute atomic E-state index is 0.153. The largest absolute Gasteiger partial charge is 0.289 e. The third-order valence-corrected chi connectivity index (χ3v) is 3.26. The number of carbonyl (C=O) groups is 1. The van der Waals surface area contributed by atoms with E-state index in [0.717, 1.165) is 24.0 Å². The van der Waals surface area contributed by atoms with Crippen molar-refractivity contribution in [3.05, 3.63) is 33.5 Å². The predicted octanol–water partition coefficient (Wildman–Crippen LogP) is 2.74. The standard InChI is InChI=1S/C10H10OS/c1-6-3-4-9-8(10(6)11)5-7(2)12-9/h5H,1,3-4H2,2H3. The average molecular weight is 178 g/mol. The van der Waals surface area contributed by atoms with E-state index in [4.69, 9.17) is 0 Å². The second kappa shape index (κ2) is 2.56. The van der Waals surface area contributed by atoms with Crippen LogP contribution < -0.4 is 0 Å². The highest BCUT2D eigenvalue weighted by Crippen LogP contribution is 2.30. The number of Topliss-reactive ketones (excluding diaryl/α,β-unsaturated/α-hetero) is 1. The number of allylic oxidation sites excluding steroid dienone is 1. The average Bonchev–Trinajstić information content (AvgIpc) is 2.39. The number of rotatable bonds is 0. The minimum atomic E-state index is 0.153. The molecule has 1 aromatic heterocycles. The van der Waals surface area contributed by atoms with Crippen LogP contribution in [0.3, 0.4) is 0 Å². The number of hydrogen-bond acceptors (Lipinski definition) is 2. The summed E-state index contributed by atoms with van der Waals surface area (Å²) in [6.07, 6.45) is 1.84. The predicted molar refractivity (Wildman–Crippen MR) is 50.8 cm³/mol. The van der Waals surface area contributed by atoms with Gasteiger partial charge >= 0.3 is 0 Å². The first-order chi connectivity index (χ1) is 5.68. The summed E-state index contributed by atoms with van der Waals surface area (Å²) in [6, 6.07) is 1.98. The van der Waals surface area contributed by atoms with Crippen molar-refractivity contribution in [1.82, 2.24) is 0 Å². The zero-order valence-corrected chi connectivity index (χ0v) is 7.83. The molecule has 0 fully saturated rings. The molecular formula is C10H10OS.